The minimum Gasteiger partial charge on any atom is -0.393 e. The molecule has 0 bridgehead atoms. The molecule has 0 unspecified atom stereocenters. The zero-order valence-corrected chi connectivity index (χ0v) is 12.9. The van der Waals surface area contributed by atoms with Crippen LogP contribution in [0.1, 0.15) is 13.3 Å². The fraction of sp³-hybridized carbons (Fsp3) is 0.500. The van der Waals surface area contributed by atoms with Gasteiger partial charge in [0.05, 0.1) is 11.2 Å². The van der Waals surface area contributed by atoms with Gasteiger partial charge in [0, 0.05) is 31.4 Å². The van der Waals surface area contributed by atoms with E-state index in [-0.39, 0.29) is 11.4 Å². The Balaban J connectivity index is 2.50. The molecule has 1 rings (SSSR count). The summed E-state index contributed by atoms with van der Waals surface area (Å²) in [6.45, 7) is 3.18. The van der Waals surface area contributed by atoms with Crippen LogP contribution in [0.25, 0.3) is 0 Å². The molecule has 0 amide bonds. The number of hydrogen-bond donors (Lipinski definition) is 2. The van der Waals surface area contributed by atoms with E-state index >= 15 is 0 Å². The Morgan fingerprint density at radius 2 is 2.10 bits per heavy atom. The molecule has 1 aromatic rings. The first-order valence-electron chi connectivity index (χ1n) is 6.48. The molecule has 8 nitrogen and oxygen atoms in total. The van der Waals surface area contributed by atoms with E-state index in [0.717, 1.165) is 0 Å². The van der Waals surface area contributed by atoms with Gasteiger partial charge in [-0.1, -0.05) is 6.92 Å². The second-order valence-electron chi connectivity index (χ2n) is 4.57. The summed E-state index contributed by atoms with van der Waals surface area (Å²) < 4.78 is 24.2. The number of nitro benzene ring substituents is 1. The topological polar surface area (TPSA) is 119 Å². The van der Waals surface area contributed by atoms with Crippen molar-refractivity contribution < 1.29 is 13.3 Å². The van der Waals surface area contributed by atoms with Crippen LogP contribution in [-0.4, -0.2) is 43.5 Å². The minimum atomic E-state index is -3.17. The van der Waals surface area contributed by atoms with E-state index in [2.05, 4.69) is 5.32 Å². The third-order valence-electron chi connectivity index (χ3n) is 2.96. The Bertz CT molecular complexity index is 603. The molecule has 9 heteroatoms. The molecule has 0 radical (unpaired) electrons. The monoisotopic (exact) mass is 316 g/mol. The maximum atomic E-state index is 11.4. The summed E-state index contributed by atoms with van der Waals surface area (Å²) in [5.74, 6) is 0. The first-order chi connectivity index (χ1) is 9.75. The highest BCUT2D eigenvalue weighted by Gasteiger charge is 2.13. The summed E-state index contributed by atoms with van der Waals surface area (Å²) in [5.41, 5.74) is 6.22. The lowest BCUT2D eigenvalue weighted by Crippen LogP contribution is -2.31. The van der Waals surface area contributed by atoms with Crippen molar-refractivity contribution in [2.75, 3.05) is 36.9 Å². The number of nitrogens with zero attached hydrogens (tertiary/aromatic N) is 2. The van der Waals surface area contributed by atoms with E-state index < -0.39 is 14.9 Å². The van der Waals surface area contributed by atoms with E-state index in [0.29, 0.717) is 31.7 Å². The van der Waals surface area contributed by atoms with Crippen molar-refractivity contribution in [2.24, 2.45) is 0 Å². The molecular formula is C12H20N4O4S. The Labute approximate surface area is 124 Å². The van der Waals surface area contributed by atoms with Crippen LogP contribution in [0.4, 0.5) is 17.1 Å². The lowest BCUT2D eigenvalue weighted by atomic mass is 10.2. The number of anilines is 2. The summed E-state index contributed by atoms with van der Waals surface area (Å²) in [4.78, 5) is 10.1. The normalized spacial score (nSPS) is 11.6. The number of hydrogen-bond acceptors (Lipinski definition) is 6. The number of nitrogens with two attached hydrogens (primary N) is 1. The number of sulfonamides is 1. The lowest BCUT2D eigenvalue weighted by molar-refractivity contribution is -0.383. The van der Waals surface area contributed by atoms with Crippen LogP contribution in [-0.2, 0) is 10.0 Å². The van der Waals surface area contributed by atoms with Crippen LogP contribution >= 0.6 is 0 Å². The van der Waals surface area contributed by atoms with Crippen molar-refractivity contribution in [1.29, 1.82) is 0 Å². The molecule has 0 atom stereocenters. The van der Waals surface area contributed by atoms with E-state index in [9.17, 15) is 18.5 Å². The number of nitrogen functional groups attached to an aromatic ring is 1. The fourth-order valence-electron chi connectivity index (χ4n) is 1.88. The molecular weight excluding hydrogens is 296 g/mol. The molecule has 0 heterocycles. The second-order valence-corrected chi connectivity index (χ2v) is 6.55. The summed E-state index contributed by atoms with van der Waals surface area (Å²) in [7, 11) is -3.17. The summed E-state index contributed by atoms with van der Waals surface area (Å²) in [6.07, 6.45) is 1.80. The number of benzene rings is 1. The van der Waals surface area contributed by atoms with Gasteiger partial charge in [0.25, 0.3) is 5.69 Å². The number of nitrogens with one attached hydrogen (secondary N) is 1. The van der Waals surface area contributed by atoms with Crippen LogP contribution in [0.15, 0.2) is 18.2 Å². The maximum absolute atomic E-state index is 11.4. The van der Waals surface area contributed by atoms with E-state index in [1.165, 1.54) is 22.7 Å². The van der Waals surface area contributed by atoms with Crippen molar-refractivity contribution in [1.82, 2.24) is 4.31 Å². The number of rotatable bonds is 8. The summed E-state index contributed by atoms with van der Waals surface area (Å²) in [5, 5.41) is 13.7. The summed E-state index contributed by atoms with van der Waals surface area (Å²) in [6, 6.07) is 4.40. The highest BCUT2D eigenvalue weighted by atomic mass is 32.2. The molecule has 118 valence electrons. The smallest absolute Gasteiger partial charge is 0.292 e. The van der Waals surface area contributed by atoms with Crippen LogP contribution in [0.3, 0.4) is 0 Å². The highest BCUT2D eigenvalue weighted by Crippen LogP contribution is 2.24. The van der Waals surface area contributed by atoms with Gasteiger partial charge in [-0.25, -0.2) is 12.7 Å². The molecule has 0 aromatic heterocycles. The van der Waals surface area contributed by atoms with Crippen LogP contribution in [0, 0.1) is 10.1 Å². The third kappa shape index (κ3) is 5.20. The van der Waals surface area contributed by atoms with Gasteiger partial charge in [-0.3, -0.25) is 10.1 Å². The average molecular weight is 316 g/mol. The standard InChI is InChI=1S/C12H20N4O4S/c1-3-15(21(2,19)20)8-4-7-14-10-5-6-12(16(17)18)11(13)9-10/h5-6,9,14H,3-4,7-8,13H2,1-2H3. The van der Waals surface area contributed by atoms with Crippen molar-refractivity contribution in [3.63, 3.8) is 0 Å². The van der Waals surface area contributed by atoms with E-state index in [4.69, 9.17) is 5.73 Å². The van der Waals surface area contributed by atoms with Gasteiger partial charge in [0.2, 0.25) is 10.0 Å². The van der Waals surface area contributed by atoms with Gasteiger partial charge in [0.1, 0.15) is 5.69 Å². The summed E-state index contributed by atoms with van der Waals surface area (Å²) >= 11 is 0. The predicted octanol–water partition coefficient (Wildman–Crippen LogP) is 1.26. The van der Waals surface area contributed by atoms with Crippen LogP contribution in [0.5, 0.6) is 0 Å². The fourth-order valence-corrected chi connectivity index (χ4v) is 2.81. The van der Waals surface area contributed by atoms with Crippen LogP contribution < -0.4 is 11.1 Å². The van der Waals surface area contributed by atoms with Gasteiger partial charge in [0.15, 0.2) is 0 Å². The molecule has 0 aliphatic carbocycles. The highest BCUT2D eigenvalue weighted by molar-refractivity contribution is 7.88. The SMILES string of the molecule is CCN(CCCNc1ccc([N+](=O)[O-])c(N)c1)S(C)(=O)=O. The minimum absolute atomic E-state index is 0.0938. The molecule has 0 fully saturated rings. The zero-order chi connectivity index (χ0) is 16.0. The average Bonchev–Trinajstić information content (AvgIpc) is 2.36. The second kappa shape index (κ2) is 7.23. The molecule has 0 spiro atoms. The van der Waals surface area contributed by atoms with Crippen molar-refractivity contribution in [3.05, 3.63) is 28.3 Å². The first-order valence-corrected chi connectivity index (χ1v) is 8.33. The van der Waals surface area contributed by atoms with Crippen LogP contribution in [0.2, 0.25) is 0 Å². The van der Waals surface area contributed by atoms with Gasteiger partial charge in [-0.2, -0.15) is 0 Å². The predicted molar refractivity (Wildman–Crippen MR) is 82.7 cm³/mol. The first kappa shape index (κ1) is 17.2. The number of nitro groups is 1. The maximum Gasteiger partial charge on any atom is 0.292 e. The van der Waals surface area contributed by atoms with Crippen molar-refractivity contribution in [2.45, 2.75) is 13.3 Å². The molecule has 21 heavy (non-hydrogen) atoms. The van der Waals surface area contributed by atoms with Gasteiger partial charge in [-0.05, 0) is 18.6 Å². The molecule has 3 N–H and O–H groups in total. The molecule has 0 aliphatic heterocycles. The van der Waals surface area contributed by atoms with Crippen molar-refractivity contribution >= 4 is 27.1 Å². The zero-order valence-electron chi connectivity index (χ0n) is 12.1. The van der Waals surface area contributed by atoms with Crippen molar-refractivity contribution in [3.8, 4) is 0 Å². The third-order valence-corrected chi connectivity index (χ3v) is 4.34. The Morgan fingerprint density at radius 3 is 2.57 bits per heavy atom. The van der Waals surface area contributed by atoms with Gasteiger partial charge in [-0.15, -0.1) is 0 Å². The Hall–Kier alpha value is -1.87. The van der Waals surface area contributed by atoms with Gasteiger partial charge >= 0.3 is 0 Å². The van der Waals surface area contributed by atoms with Gasteiger partial charge < -0.3 is 11.1 Å². The molecule has 1 aromatic carbocycles. The Morgan fingerprint density at radius 1 is 1.43 bits per heavy atom. The largest absolute Gasteiger partial charge is 0.393 e. The molecule has 0 saturated heterocycles. The molecule has 0 aliphatic rings. The van der Waals surface area contributed by atoms with E-state index in [1.54, 1.807) is 13.0 Å². The quantitative estimate of drug-likeness (QED) is 0.322. The molecule has 0 saturated carbocycles. The lowest BCUT2D eigenvalue weighted by Gasteiger charge is -2.17. The Kier molecular flexibility index (Phi) is 5.91. The van der Waals surface area contributed by atoms with E-state index in [1.807, 2.05) is 0 Å².